The predicted octanol–water partition coefficient (Wildman–Crippen LogP) is 6.56. The summed E-state index contributed by atoms with van der Waals surface area (Å²) in [4.78, 5) is 0. The molecule has 0 amide bonds. The number of allylic oxidation sites excluding steroid dienone is 1. The van der Waals surface area contributed by atoms with Crippen LogP contribution in [0.25, 0.3) is 5.70 Å². The number of benzene rings is 1. The molecule has 0 aromatic heterocycles. The van der Waals surface area contributed by atoms with Gasteiger partial charge in [-0.05, 0) is 43.2 Å². The minimum Gasteiger partial charge on any atom is -0.278 e. The van der Waals surface area contributed by atoms with Gasteiger partial charge in [0.1, 0.15) is 0 Å². The molecule has 2 unspecified atom stereocenters. The first-order chi connectivity index (χ1) is 11.7. The lowest BCUT2D eigenvalue weighted by Gasteiger charge is -2.28. The van der Waals surface area contributed by atoms with Crippen LogP contribution in [0.15, 0.2) is 34.9 Å². The van der Waals surface area contributed by atoms with Gasteiger partial charge in [0, 0.05) is 12.1 Å². The Labute approximate surface area is 149 Å². The first-order valence-electron chi connectivity index (χ1n) is 9.83. The van der Waals surface area contributed by atoms with Gasteiger partial charge in [-0.25, -0.2) is 0 Å². The van der Waals surface area contributed by atoms with Crippen LogP contribution >= 0.6 is 0 Å². The van der Waals surface area contributed by atoms with Crippen LogP contribution in [-0.4, -0.2) is 6.21 Å². The van der Waals surface area contributed by atoms with Crippen molar-refractivity contribution in [2.45, 2.75) is 73.6 Å². The highest BCUT2D eigenvalue weighted by molar-refractivity contribution is 5.78. The molecular formula is C22H36N2. The van der Waals surface area contributed by atoms with Gasteiger partial charge in [0.15, 0.2) is 0 Å². The van der Waals surface area contributed by atoms with Crippen LogP contribution in [-0.2, 0) is 0 Å². The SMILES string of the molecule is CC.CC.Cc1ccc(C2=C3CCC(C)CCCC3C=NN2)cc1. The summed E-state index contributed by atoms with van der Waals surface area (Å²) in [5, 5.41) is 4.40. The Kier molecular flexibility index (Phi) is 9.44. The molecule has 2 atom stereocenters. The fourth-order valence-electron chi connectivity index (χ4n) is 3.30. The molecule has 3 rings (SSSR count). The molecule has 0 spiro atoms. The lowest BCUT2D eigenvalue weighted by atomic mass is 9.81. The molecule has 24 heavy (non-hydrogen) atoms. The number of hydrazone groups is 1. The number of fused-ring (bicyclic) bond motifs is 1. The van der Waals surface area contributed by atoms with Crippen LogP contribution < -0.4 is 5.43 Å². The van der Waals surface area contributed by atoms with Gasteiger partial charge in [0.25, 0.3) is 0 Å². The molecule has 1 heterocycles. The summed E-state index contributed by atoms with van der Waals surface area (Å²) in [6.45, 7) is 12.5. The third kappa shape index (κ3) is 5.51. The normalized spacial score (nSPS) is 22.6. The zero-order chi connectivity index (χ0) is 17.9. The molecule has 1 fully saturated rings. The minimum atomic E-state index is 0.542. The van der Waals surface area contributed by atoms with Gasteiger partial charge in [-0.1, -0.05) is 77.3 Å². The first kappa shape index (κ1) is 20.5. The maximum absolute atomic E-state index is 4.40. The molecule has 2 nitrogen and oxygen atoms in total. The van der Waals surface area contributed by atoms with Crippen molar-refractivity contribution in [2.75, 3.05) is 0 Å². The lowest BCUT2D eigenvalue weighted by Crippen LogP contribution is -2.22. The smallest absolute Gasteiger partial charge is 0.0632 e. The minimum absolute atomic E-state index is 0.542. The van der Waals surface area contributed by atoms with Gasteiger partial charge in [0.2, 0.25) is 0 Å². The van der Waals surface area contributed by atoms with Crippen LogP contribution in [0, 0.1) is 18.8 Å². The Balaban J connectivity index is 0.000000671. The topological polar surface area (TPSA) is 24.4 Å². The Hall–Kier alpha value is -1.57. The summed E-state index contributed by atoms with van der Waals surface area (Å²) in [5.41, 5.74) is 8.67. The molecule has 1 aromatic rings. The van der Waals surface area contributed by atoms with Crippen LogP contribution in [0.1, 0.15) is 77.8 Å². The second-order valence-corrected chi connectivity index (χ2v) is 6.34. The van der Waals surface area contributed by atoms with E-state index in [0.717, 1.165) is 5.92 Å². The summed E-state index contributed by atoms with van der Waals surface area (Å²) < 4.78 is 0. The Morgan fingerprint density at radius 1 is 0.958 bits per heavy atom. The van der Waals surface area contributed by atoms with Gasteiger partial charge in [-0.15, -0.1) is 0 Å². The Morgan fingerprint density at radius 2 is 1.62 bits per heavy atom. The number of nitrogens with one attached hydrogen (secondary N) is 1. The van der Waals surface area contributed by atoms with E-state index in [4.69, 9.17) is 0 Å². The van der Waals surface area contributed by atoms with Crippen LogP contribution in [0.4, 0.5) is 0 Å². The number of hydrogen-bond donors (Lipinski definition) is 1. The number of hydrogen-bond acceptors (Lipinski definition) is 2. The fourth-order valence-corrected chi connectivity index (χ4v) is 3.30. The Bertz CT molecular complexity index is 525. The third-order valence-electron chi connectivity index (χ3n) is 4.66. The Morgan fingerprint density at radius 3 is 2.29 bits per heavy atom. The van der Waals surface area contributed by atoms with Gasteiger partial charge >= 0.3 is 0 Å². The summed E-state index contributed by atoms with van der Waals surface area (Å²) >= 11 is 0. The van der Waals surface area contributed by atoms with E-state index in [-0.39, 0.29) is 0 Å². The number of aryl methyl sites for hydroxylation is 1. The van der Waals surface area contributed by atoms with Crippen molar-refractivity contribution in [1.82, 2.24) is 5.43 Å². The highest BCUT2D eigenvalue weighted by atomic mass is 15.3. The van der Waals surface area contributed by atoms with E-state index < -0.39 is 0 Å². The van der Waals surface area contributed by atoms with Crippen molar-refractivity contribution in [3.05, 3.63) is 41.0 Å². The van der Waals surface area contributed by atoms with E-state index in [0.29, 0.717) is 5.92 Å². The van der Waals surface area contributed by atoms with Crippen molar-refractivity contribution >= 4 is 11.9 Å². The van der Waals surface area contributed by atoms with Crippen molar-refractivity contribution in [3.8, 4) is 0 Å². The zero-order valence-electron chi connectivity index (χ0n) is 16.5. The monoisotopic (exact) mass is 328 g/mol. The van der Waals surface area contributed by atoms with Crippen molar-refractivity contribution < 1.29 is 0 Å². The molecule has 0 radical (unpaired) electrons. The van der Waals surface area contributed by atoms with E-state index in [1.807, 2.05) is 27.7 Å². The van der Waals surface area contributed by atoms with Gasteiger partial charge in [0.05, 0.1) is 5.70 Å². The molecule has 2 heteroatoms. The summed E-state index contributed by atoms with van der Waals surface area (Å²) in [6, 6.07) is 8.79. The zero-order valence-corrected chi connectivity index (χ0v) is 16.5. The van der Waals surface area contributed by atoms with Crippen molar-refractivity contribution in [1.29, 1.82) is 0 Å². The van der Waals surface area contributed by atoms with Crippen LogP contribution in [0.5, 0.6) is 0 Å². The average Bonchev–Trinajstić information content (AvgIpc) is 2.62. The maximum Gasteiger partial charge on any atom is 0.0632 e. The number of rotatable bonds is 1. The standard InChI is InChI=1S/C18H24N2.2C2H6/c1-13-4-3-5-16-12-19-20-18(17(16)11-8-13)15-9-6-14(2)7-10-15;2*1-2/h6-7,9-10,12-13,16,20H,3-5,8,11H2,1-2H3;2*1-2H3. The molecule has 1 saturated carbocycles. The lowest BCUT2D eigenvalue weighted by molar-refractivity contribution is 0.422. The maximum atomic E-state index is 4.40. The molecular weight excluding hydrogens is 292 g/mol. The van der Waals surface area contributed by atoms with Crippen molar-refractivity contribution in [3.63, 3.8) is 0 Å². The molecule has 0 bridgehead atoms. The summed E-state index contributed by atoms with van der Waals surface area (Å²) in [5.74, 6) is 1.39. The highest BCUT2D eigenvalue weighted by Gasteiger charge is 2.23. The molecule has 1 N–H and O–H groups in total. The van der Waals surface area contributed by atoms with E-state index >= 15 is 0 Å². The van der Waals surface area contributed by atoms with E-state index in [2.05, 4.69) is 54.9 Å². The molecule has 2 aliphatic rings. The van der Waals surface area contributed by atoms with E-state index in [1.54, 1.807) is 5.57 Å². The second kappa shape index (κ2) is 11.1. The molecule has 1 aliphatic carbocycles. The van der Waals surface area contributed by atoms with Crippen LogP contribution in [0.3, 0.4) is 0 Å². The average molecular weight is 329 g/mol. The van der Waals surface area contributed by atoms with Gasteiger partial charge in [-0.3, -0.25) is 5.43 Å². The van der Waals surface area contributed by atoms with Gasteiger partial charge in [-0.2, -0.15) is 5.10 Å². The molecule has 1 aromatic carbocycles. The summed E-state index contributed by atoms with van der Waals surface area (Å²) in [7, 11) is 0. The summed E-state index contributed by atoms with van der Waals surface area (Å²) in [6.07, 6.45) is 8.56. The molecule has 1 aliphatic heterocycles. The fraction of sp³-hybridized carbons (Fsp3) is 0.591. The van der Waals surface area contributed by atoms with Gasteiger partial charge < -0.3 is 0 Å². The molecule has 0 saturated heterocycles. The third-order valence-corrected chi connectivity index (χ3v) is 4.66. The first-order valence-corrected chi connectivity index (χ1v) is 9.83. The van der Waals surface area contributed by atoms with E-state index in [9.17, 15) is 0 Å². The number of nitrogens with zero attached hydrogens (tertiary/aromatic N) is 1. The second-order valence-electron chi connectivity index (χ2n) is 6.34. The predicted molar refractivity (Wildman–Crippen MR) is 108 cm³/mol. The highest BCUT2D eigenvalue weighted by Crippen LogP contribution is 2.35. The quantitative estimate of drug-likeness (QED) is 0.620. The van der Waals surface area contributed by atoms with Crippen LogP contribution in [0.2, 0.25) is 0 Å². The largest absolute Gasteiger partial charge is 0.278 e. The van der Waals surface area contributed by atoms with Crippen molar-refractivity contribution in [2.24, 2.45) is 16.9 Å². The van der Waals surface area contributed by atoms with E-state index in [1.165, 1.54) is 48.9 Å². The molecule has 134 valence electrons.